The molecule has 62 heavy (non-hydrogen) atoms. The molecule has 0 spiro atoms. The fourth-order valence-corrected chi connectivity index (χ4v) is 9.90. The summed E-state index contributed by atoms with van der Waals surface area (Å²) in [6.07, 6.45) is 0.948. The fraction of sp³-hybridized carbons (Fsp3) is 0.523. The molecule has 0 saturated carbocycles. The van der Waals surface area contributed by atoms with E-state index in [1.165, 1.54) is 17.0 Å². The van der Waals surface area contributed by atoms with E-state index in [0.717, 1.165) is 89.3 Å². The number of halogens is 3. The first-order valence-electron chi connectivity index (χ1n) is 21.6. The van der Waals surface area contributed by atoms with E-state index in [2.05, 4.69) is 40.1 Å². The molecule has 15 nitrogen and oxygen atoms in total. The molecule has 1 atom stereocenters. The topological polar surface area (TPSA) is 142 Å². The van der Waals surface area contributed by atoms with Gasteiger partial charge in [-0.2, -0.15) is 13.2 Å². The number of amides is 4. The van der Waals surface area contributed by atoms with Crippen molar-refractivity contribution in [2.45, 2.75) is 63.3 Å². The number of alkyl halides is 3. The number of anilines is 4. The lowest BCUT2D eigenvalue weighted by atomic mass is 9.93. The summed E-state index contributed by atoms with van der Waals surface area (Å²) >= 11 is 0. The van der Waals surface area contributed by atoms with Crippen LogP contribution in [0, 0.1) is 18.4 Å². The molecule has 1 unspecified atom stereocenters. The van der Waals surface area contributed by atoms with Crippen molar-refractivity contribution in [3.05, 3.63) is 76.9 Å². The molecule has 326 valence electrons. The third-order valence-corrected chi connectivity index (χ3v) is 13.6. The third kappa shape index (κ3) is 8.65. The molecule has 6 aliphatic rings. The van der Waals surface area contributed by atoms with Crippen molar-refractivity contribution < 1.29 is 32.3 Å². The summed E-state index contributed by atoms with van der Waals surface area (Å²) in [6.45, 7) is 17.0. The van der Waals surface area contributed by atoms with E-state index in [4.69, 9.17) is 11.6 Å². The Morgan fingerprint density at radius 1 is 0.855 bits per heavy atom. The molecule has 4 amide bonds. The second-order valence-electron chi connectivity index (χ2n) is 17.4. The Bertz CT molecular complexity index is 2240. The molecule has 2 aromatic heterocycles. The maximum absolute atomic E-state index is 13.5. The molecular weight excluding hydrogens is 804 g/mol. The van der Waals surface area contributed by atoms with Gasteiger partial charge in [0.2, 0.25) is 17.7 Å². The quantitative estimate of drug-likeness (QED) is 0.234. The molecule has 9 rings (SSSR count). The van der Waals surface area contributed by atoms with Crippen LogP contribution in [0.4, 0.5) is 41.9 Å². The van der Waals surface area contributed by atoms with Crippen LogP contribution in [-0.4, -0.2) is 132 Å². The Morgan fingerprint density at radius 3 is 2.24 bits per heavy atom. The van der Waals surface area contributed by atoms with E-state index >= 15 is 0 Å². The number of nitrogens with one attached hydrogen (secondary N) is 2. The lowest BCUT2D eigenvalue weighted by Crippen LogP contribution is -2.63. The number of fused-ring (bicyclic) bond motifs is 1. The monoisotopic (exact) mass is 853 g/mol. The van der Waals surface area contributed by atoms with Crippen molar-refractivity contribution in [1.82, 2.24) is 30.0 Å². The number of likely N-dealkylation sites (tertiary alicyclic amines) is 1. The summed E-state index contributed by atoms with van der Waals surface area (Å²) in [5, 5.41) is 5.28. The highest BCUT2D eigenvalue weighted by Gasteiger charge is 2.41. The van der Waals surface area contributed by atoms with Crippen molar-refractivity contribution in [3.8, 4) is 0 Å². The predicted molar refractivity (Wildman–Crippen MR) is 225 cm³/mol. The van der Waals surface area contributed by atoms with Gasteiger partial charge in [0.25, 0.3) is 5.91 Å². The minimum absolute atomic E-state index is 0.143. The third-order valence-electron chi connectivity index (χ3n) is 13.6. The van der Waals surface area contributed by atoms with E-state index in [-0.39, 0.29) is 36.6 Å². The van der Waals surface area contributed by atoms with Crippen molar-refractivity contribution >= 4 is 52.3 Å². The molecular formula is C44H50F3N11O4. The number of hydrogen-bond acceptors (Lipinski definition) is 11. The summed E-state index contributed by atoms with van der Waals surface area (Å²) in [6, 6.07) is 11.2. The number of hydrogen-bond donors (Lipinski definition) is 2. The van der Waals surface area contributed by atoms with E-state index in [1.54, 1.807) is 0 Å². The average Bonchev–Trinajstić information content (AvgIpc) is 3.59. The SMILES string of the molecule is [C-]#[N+]c1ccc(N2CCC(C(=O)Nc3ccc(N4CCC(CN5CC(N6CCN(c7ccc8c(n7)CN(C7CCC(=O)NC7=O)C8=O)CC6)C5)CC4)cn3)CC2)cc1C(F)(F)F. The lowest BCUT2D eigenvalue weighted by molar-refractivity contribution is -0.138. The van der Waals surface area contributed by atoms with Gasteiger partial charge in [-0.3, -0.25) is 34.3 Å². The number of carbonyl (C=O) groups excluding carboxylic acids is 4. The minimum Gasteiger partial charge on any atom is -0.372 e. The van der Waals surface area contributed by atoms with Crippen LogP contribution in [-0.2, 0) is 27.1 Å². The molecule has 0 radical (unpaired) electrons. The Hall–Kier alpha value is -5.80. The standard InChI is InChI=1S/C44H50F3N11O4/c1-48-35-5-2-30(22-34(35)44(45,46)47)54-16-12-29(13-17-54)41(60)51-38-7-3-31(23-49-38)55-14-10-28(11-15-55)24-53-25-32(26-53)56-18-20-57(21-19-56)39-8-4-33-36(50-39)27-58(43(33)62)37-6-9-40(59)52-42(37)61/h2-5,7-8,22-23,28-29,32,37H,6,9-21,24-27H2,(H,49,51,60)(H,52,59,61). The van der Waals surface area contributed by atoms with Crippen molar-refractivity contribution in [3.63, 3.8) is 0 Å². The normalized spacial score (nSPS) is 22.4. The summed E-state index contributed by atoms with van der Waals surface area (Å²) < 4.78 is 40.5. The van der Waals surface area contributed by atoms with Crippen molar-refractivity contribution in [2.24, 2.45) is 11.8 Å². The van der Waals surface area contributed by atoms with Crippen LogP contribution in [0.15, 0.2) is 48.7 Å². The molecule has 18 heteroatoms. The van der Waals surface area contributed by atoms with Crippen LogP contribution in [0.5, 0.6) is 0 Å². The number of nitrogens with zero attached hydrogens (tertiary/aromatic N) is 9. The van der Waals surface area contributed by atoms with Gasteiger partial charge in [-0.1, -0.05) is 6.07 Å². The molecule has 3 aromatic rings. The van der Waals surface area contributed by atoms with Gasteiger partial charge in [-0.05, 0) is 74.4 Å². The molecule has 0 aliphatic carbocycles. The predicted octanol–water partition coefficient (Wildman–Crippen LogP) is 4.39. The van der Waals surface area contributed by atoms with E-state index in [0.29, 0.717) is 67.1 Å². The van der Waals surface area contributed by atoms with E-state index in [1.807, 2.05) is 35.4 Å². The van der Waals surface area contributed by atoms with Crippen LogP contribution in [0.3, 0.4) is 0 Å². The van der Waals surface area contributed by atoms with Gasteiger partial charge in [-0.25, -0.2) is 14.8 Å². The highest BCUT2D eigenvalue weighted by molar-refractivity contribution is 6.05. The summed E-state index contributed by atoms with van der Waals surface area (Å²) in [5.74, 6) is 0.621. The van der Waals surface area contributed by atoms with Crippen LogP contribution in [0.1, 0.15) is 60.1 Å². The first-order chi connectivity index (χ1) is 29.9. The zero-order valence-electron chi connectivity index (χ0n) is 34.4. The van der Waals surface area contributed by atoms with E-state index < -0.39 is 29.4 Å². The van der Waals surface area contributed by atoms with Gasteiger partial charge in [-0.15, -0.1) is 0 Å². The Balaban J connectivity index is 0.669. The van der Waals surface area contributed by atoms with Crippen LogP contribution < -0.4 is 25.3 Å². The zero-order valence-corrected chi connectivity index (χ0v) is 34.4. The van der Waals surface area contributed by atoms with Gasteiger partial charge in [0, 0.05) is 96.1 Å². The molecule has 0 bridgehead atoms. The van der Waals surface area contributed by atoms with Gasteiger partial charge < -0.3 is 24.9 Å². The Labute approximate surface area is 358 Å². The molecule has 5 fully saturated rings. The second kappa shape index (κ2) is 17.2. The largest absolute Gasteiger partial charge is 0.407 e. The molecule has 8 heterocycles. The minimum atomic E-state index is -4.61. The number of carbonyl (C=O) groups is 4. The van der Waals surface area contributed by atoms with Crippen LogP contribution >= 0.6 is 0 Å². The van der Waals surface area contributed by atoms with Crippen molar-refractivity contribution in [1.29, 1.82) is 0 Å². The molecule has 6 aliphatic heterocycles. The van der Waals surface area contributed by atoms with Gasteiger partial charge in [0.05, 0.1) is 41.8 Å². The highest BCUT2D eigenvalue weighted by Crippen LogP contribution is 2.39. The number of rotatable bonds is 9. The zero-order chi connectivity index (χ0) is 43.1. The molecule has 5 saturated heterocycles. The van der Waals surface area contributed by atoms with Gasteiger partial charge >= 0.3 is 6.18 Å². The van der Waals surface area contributed by atoms with Gasteiger partial charge in [0.15, 0.2) is 5.69 Å². The maximum atomic E-state index is 13.5. The smallest absolute Gasteiger partial charge is 0.372 e. The number of piperidine rings is 3. The molecule has 1 aromatic carbocycles. The number of pyridine rings is 2. The number of benzene rings is 1. The number of aromatic nitrogens is 2. The number of piperazine rings is 1. The highest BCUT2D eigenvalue weighted by atomic mass is 19.4. The van der Waals surface area contributed by atoms with Crippen LogP contribution in [0.2, 0.25) is 0 Å². The van der Waals surface area contributed by atoms with E-state index in [9.17, 15) is 32.3 Å². The maximum Gasteiger partial charge on any atom is 0.407 e. The summed E-state index contributed by atoms with van der Waals surface area (Å²) in [5.41, 5.74) is 1.29. The summed E-state index contributed by atoms with van der Waals surface area (Å²) in [4.78, 5) is 75.8. The molecule has 2 N–H and O–H groups in total. The summed E-state index contributed by atoms with van der Waals surface area (Å²) in [7, 11) is 0. The fourth-order valence-electron chi connectivity index (χ4n) is 9.90. The number of imide groups is 1. The first-order valence-corrected chi connectivity index (χ1v) is 21.6. The second-order valence-corrected chi connectivity index (χ2v) is 17.4. The van der Waals surface area contributed by atoms with Gasteiger partial charge in [0.1, 0.15) is 17.7 Å². The van der Waals surface area contributed by atoms with Crippen LogP contribution in [0.25, 0.3) is 4.85 Å². The average molecular weight is 854 g/mol. The van der Waals surface area contributed by atoms with Crippen molar-refractivity contribution in [2.75, 3.05) is 92.0 Å². The first kappa shape index (κ1) is 41.5. The lowest BCUT2D eigenvalue weighted by Gasteiger charge is -2.49. The Morgan fingerprint density at radius 2 is 1.56 bits per heavy atom. The Kier molecular flexibility index (Phi) is 11.5.